The number of benzene rings is 1. The van der Waals surface area contributed by atoms with Gasteiger partial charge in [0, 0.05) is 6.54 Å². The molecule has 0 aliphatic carbocycles. The Morgan fingerprint density at radius 1 is 1.45 bits per heavy atom. The molecule has 20 heavy (non-hydrogen) atoms. The molecule has 0 spiro atoms. The van der Waals surface area contributed by atoms with Gasteiger partial charge in [0.25, 0.3) is 0 Å². The van der Waals surface area contributed by atoms with Gasteiger partial charge in [-0.15, -0.1) is 0 Å². The molecule has 8 heteroatoms. The van der Waals surface area contributed by atoms with Gasteiger partial charge in [0.15, 0.2) is 0 Å². The zero-order chi connectivity index (χ0) is 15.3. The number of carbonyl (C=O) groups is 1. The molecule has 0 unspecified atom stereocenters. The molecule has 4 nitrogen and oxygen atoms in total. The van der Waals surface area contributed by atoms with Crippen molar-refractivity contribution >= 4 is 23.3 Å². The van der Waals surface area contributed by atoms with Crippen molar-refractivity contribution in [1.29, 1.82) is 5.26 Å². The smallest absolute Gasteiger partial charge is 0.416 e. The van der Waals surface area contributed by atoms with E-state index < -0.39 is 17.7 Å². The van der Waals surface area contributed by atoms with Crippen LogP contribution in [0.4, 0.5) is 18.9 Å². The van der Waals surface area contributed by atoms with E-state index in [4.69, 9.17) is 22.0 Å². The monoisotopic (exact) mass is 306 g/mol. The molecule has 0 radical (unpaired) electrons. The SMILES string of the molecule is N#CCN(CCC(=O)O)c1cc(C(F)(F)F)ccc1Cl. The second kappa shape index (κ2) is 6.48. The van der Waals surface area contributed by atoms with Gasteiger partial charge in [0.05, 0.1) is 28.8 Å². The number of nitriles is 1. The minimum Gasteiger partial charge on any atom is -0.481 e. The molecule has 1 rings (SSSR count). The van der Waals surface area contributed by atoms with E-state index in [-0.39, 0.29) is 30.2 Å². The Balaban J connectivity index is 3.12. The van der Waals surface area contributed by atoms with Crippen molar-refractivity contribution in [2.75, 3.05) is 18.0 Å². The topological polar surface area (TPSA) is 64.3 Å². The minimum absolute atomic E-state index is 0.00992. The van der Waals surface area contributed by atoms with Crippen LogP contribution in [0.3, 0.4) is 0 Å². The van der Waals surface area contributed by atoms with Gasteiger partial charge in [-0.25, -0.2) is 0 Å². The summed E-state index contributed by atoms with van der Waals surface area (Å²) in [4.78, 5) is 11.7. The lowest BCUT2D eigenvalue weighted by Crippen LogP contribution is -2.27. The van der Waals surface area contributed by atoms with Gasteiger partial charge < -0.3 is 10.0 Å². The first kappa shape index (κ1) is 16.1. The first-order valence-corrected chi connectivity index (χ1v) is 5.84. The fraction of sp³-hybridized carbons (Fsp3) is 0.333. The molecular weight excluding hydrogens is 297 g/mol. The Morgan fingerprint density at radius 3 is 2.60 bits per heavy atom. The summed E-state index contributed by atoms with van der Waals surface area (Å²) in [5.41, 5.74) is -0.917. The highest BCUT2D eigenvalue weighted by molar-refractivity contribution is 6.33. The van der Waals surface area contributed by atoms with Crippen LogP contribution in [0.25, 0.3) is 0 Å². The fourth-order valence-electron chi connectivity index (χ4n) is 1.53. The third-order valence-electron chi connectivity index (χ3n) is 2.47. The summed E-state index contributed by atoms with van der Waals surface area (Å²) in [6.45, 7) is -0.363. The second-order valence-electron chi connectivity index (χ2n) is 3.89. The molecule has 1 aromatic carbocycles. The number of halogens is 4. The summed E-state index contributed by atoms with van der Waals surface area (Å²) in [6, 6.07) is 4.48. The molecule has 0 heterocycles. The Kier molecular flexibility index (Phi) is 5.22. The standard InChI is InChI=1S/C12H10ClF3N2O2/c13-9-2-1-8(12(14,15)16)7-10(9)18(6-4-17)5-3-11(19)20/h1-2,7H,3,5-6H2,(H,19,20). The summed E-state index contributed by atoms with van der Waals surface area (Å²) in [5, 5.41) is 17.3. The molecule has 0 saturated carbocycles. The molecule has 0 bridgehead atoms. The van der Waals surface area contributed by atoms with Gasteiger partial charge in [-0.2, -0.15) is 18.4 Å². The number of hydrogen-bond acceptors (Lipinski definition) is 3. The lowest BCUT2D eigenvalue weighted by molar-refractivity contribution is -0.138. The molecule has 1 N–H and O–H groups in total. The van der Waals surface area contributed by atoms with Crippen LogP contribution in [0.15, 0.2) is 18.2 Å². The van der Waals surface area contributed by atoms with E-state index in [0.717, 1.165) is 18.2 Å². The van der Waals surface area contributed by atoms with E-state index in [1.54, 1.807) is 6.07 Å². The first-order chi connectivity index (χ1) is 9.25. The summed E-state index contributed by atoms with van der Waals surface area (Å²) in [7, 11) is 0. The zero-order valence-electron chi connectivity index (χ0n) is 10.1. The Hall–Kier alpha value is -1.94. The Labute approximate surface area is 118 Å². The average molecular weight is 307 g/mol. The van der Waals surface area contributed by atoms with Crippen molar-refractivity contribution in [3.05, 3.63) is 28.8 Å². The lowest BCUT2D eigenvalue weighted by atomic mass is 10.1. The number of rotatable bonds is 5. The second-order valence-corrected chi connectivity index (χ2v) is 4.29. The van der Waals surface area contributed by atoms with Crippen LogP contribution >= 0.6 is 11.6 Å². The summed E-state index contributed by atoms with van der Waals surface area (Å²) in [5.74, 6) is -1.11. The molecule has 0 fully saturated rings. The van der Waals surface area contributed by atoms with Gasteiger partial charge in [0.2, 0.25) is 0 Å². The maximum absolute atomic E-state index is 12.6. The number of alkyl halides is 3. The Morgan fingerprint density at radius 2 is 2.10 bits per heavy atom. The van der Waals surface area contributed by atoms with Crippen LogP contribution in [0.1, 0.15) is 12.0 Å². The van der Waals surface area contributed by atoms with Gasteiger partial charge >= 0.3 is 12.1 Å². The maximum atomic E-state index is 12.6. The van der Waals surface area contributed by atoms with Gasteiger partial charge in [-0.3, -0.25) is 4.79 Å². The average Bonchev–Trinajstić information content (AvgIpc) is 2.33. The van der Waals surface area contributed by atoms with Gasteiger partial charge in [-0.05, 0) is 18.2 Å². The lowest BCUT2D eigenvalue weighted by Gasteiger charge is -2.23. The summed E-state index contributed by atoms with van der Waals surface area (Å²) in [6.07, 6.45) is -4.85. The van der Waals surface area contributed by atoms with Crippen molar-refractivity contribution < 1.29 is 23.1 Å². The predicted molar refractivity (Wildman–Crippen MR) is 66.5 cm³/mol. The molecule has 0 atom stereocenters. The molecular formula is C12H10ClF3N2O2. The van der Waals surface area contributed by atoms with E-state index in [0.29, 0.717) is 0 Å². The normalized spacial score (nSPS) is 10.9. The number of carboxylic acids is 1. The third kappa shape index (κ3) is 4.31. The maximum Gasteiger partial charge on any atom is 0.416 e. The van der Waals surface area contributed by atoms with E-state index in [1.807, 2.05) is 0 Å². The molecule has 0 saturated heterocycles. The minimum atomic E-state index is -4.54. The number of aliphatic carboxylic acids is 1. The highest BCUT2D eigenvalue weighted by Gasteiger charge is 2.31. The zero-order valence-corrected chi connectivity index (χ0v) is 10.9. The highest BCUT2D eigenvalue weighted by Crippen LogP contribution is 2.35. The van der Waals surface area contributed by atoms with Crippen LogP contribution in [-0.2, 0) is 11.0 Å². The van der Waals surface area contributed by atoms with Crippen LogP contribution in [0, 0.1) is 11.3 Å². The highest BCUT2D eigenvalue weighted by atomic mass is 35.5. The molecule has 0 aliphatic rings. The number of nitrogens with zero attached hydrogens (tertiary/aromatic N) is 2. The van der Waals surface area contributed by atoms with Crippen LogP contribution in [0.5, 0.6) is 0 Å². The molecule has 0 amide bonds. The van der Waals surface area contributed by atoms with Crippen molar-refractivity contribution in [2.45, 2.75) is 12.6 Å². The van der Waals surface area contributed by atoms with Crippen molar-refractivity contribution in [3.8, 4) is 6.07 Å². The molecule has 0 aliphatic heterocycles. The van der Waals surface area contributed by atoms with Crippen molar-refractivity contribution in [1.82, 2.24) is 0 Å². The van der Waals surface area contributed by atoms with Crippen molar-refractivity contribution in [2.24, 2.45) is 0 Å². The molecule has 0 aromatic heterocycles. The van der Waals surface area contributed by atoms with E-state index in [1.165, 1.54) is 4.90 Å². The summed E-state index contributed by atoms with van der Waals surface area (Å²) < 4.78 is 37.9. The van der Waals surface area contributed by atoms with Crippen LogP contribution < -0.4 is 4.90 Å². The van der Waals surface area contributed by atoms with Gasteiger partial charge in [-0.1, -0.05) is 11.6 Å². The third-order valence-corrected chi connectivity index (χ3v) is 2.79. The number of hydrogen-bond donors (Lipinski definition) is 1. The number of anilines is 1. The predicted octanol–water partition coefficient (Wildman–Crippen LogP) is 3.16. The Bertz CT molecular complexity index is 540. The number of carboxylic acid groups (broad SMARTS) is 1. The van der Waals surface area contributed by atoms with E-state index >= 15 is 0 Å². The molecule has 1 aromatic rings. The molecule has 108 valence electrons. The van der Waals surface area contributed by atoms with Crippen LogP contribution in [0.2, 0.25) is 5.02 Å². The van der Waals surface area contributed by atoms with E-state index in [9.17, 15) is 18.0 Å². The first-order valence-electron chi connectivity index (χ1n) is 5.46. The quantitative estimate of drug-likeness (QED) is 0.849. The van der Waals surface area contributed by atoms with E-state index in [2.05, 4.69) is 0 Å². The fourth-order valence-corrected chi connectivity index (χ4v) is 1.77. The van der Waals surface area contributed by atoms with Crippen LogP contribution in [-0.4, -0.2) is 24.2 Å². The largest absolute Gasteiger partial charge is 0.481 e. The summed E-state index contributed by atoms with van der Waals surface area (Å²) >= 11 is 5.83. The van der Waals surface area contributed by atoms with Gasteiger partial charge in [0.1, 0.15) is 6.54 Å². The van der Waals surface area contributed by atoms with Crippen molar-refractivity contribution in [3.63, 3.8) is 0 Å².